The first-order chi connectivity index (χ1) is 7.88. The van der Waals surface area contributed by atoms with E-state index in [1.165, 1.54) is 5.56 Å². The average Bonchev–Trinajstić information content (AvgIpc) is 2.38. The molecule has 16 heavy (non-hydrogen) atoms. The molecule has 0 unspecified atom stereocenters. The maximum atomic E-state index is 8.81. The van der Waals surface area contributed by atoms with E-state index in [4.69, 9.17) is 5.26 Å². The van der Waals surface area contributed by atoms with Gasteiger partial charge in [0.05, 0.1) is 6.07 Å². The standard InChI is InChI=1S/C13H17N3/c14-8-11-3-5-13(6-4-11)16-10-12-2-1-7-15-9-12/h1-2,7,9,11,13,16H,3-6,10H2. The van der Waals surface area contributed by atoms with Crippen molar-refractivity contribution < 1.29 is 0 Å². The number of nitrogens with one attached hydrogen (secondary N) is 1. The highest BCUT2D eigenvalue weighted by Crippen LogP contribution is 2.23. The largest absolute Gasteiger partial charge is 0.310 e. The molecule has 1 aliphatic rings. The lowest BCUT2D eigenvalue weighted by Gasteiger charge is -2.25. The third kappa shape index (κ3) is 3.04. The van der Waals surface area contributed by atoms with Crippen LogP contribution in [0.4, 0.5) is 0 Å². The Morgan fingerprint density at radius 1 is 1.38 bits per heavy atom. The van der Waals surface area contributed by atoms with Crippen LogP contribution in [0.2, 0.25) is 0 Å². The maximum absolute atomic E-state index is 8.81. The first-order valence-corrected chi connectivity index (χ1v) is 5.90. The van der Waals surface area contributed by atoms with Crippen LogP contribution in [0.3, 0.4) is 0 Å². The molecule has 1 N–H and O–H groups in total. The summed E-state index contributed by atoms with van der Waals surface area (Å²) in [5, 5.41) is 12.3. The van der Waals surface area contributed by atoms with Gasteiger partial charge < -0.3 is 5.32 Å². The first-order valence-electron chi connectivity index (χ1n) is 5.90. The summed E-state index contributed by atoms with van der Waals surface area (Å²) >= 11 is 0. The molecule has 3 nitrogen and oxygen atoms in total. The fourth-order valence-corrected chi connectivity index (χ4v) is 2.19. The molecule has 0 radical (unpaired) electrons. The Kier molecular flexibility index (Phi) is 3.90. The van der Waals surface area contributed by atoms with Crippen molar-refractivity contribution in [1.29, 1.82) is 5.26 Å². The van der Waals surface area contributed by atoms with Gasteiger partial charge in [-0.25, -0.2) is 0 Å². The molecule has 0 amide bonds. The second-order valence-corrected chi connectivity index (χ2v) is 4.42. The van der Waals surface area contributed by atoms with E-state index in [9.17, 15) is 0 Å². The van der Waals surface area contributed by atoms with Crippen LogP contribution in [0.15, 0.2) is 24.5 Å². The maximum Gasteiger partial charge on any atom is 0.0655 e. The quantitative estimate of drug-likeness (QED) is 0.841. The molecule has 0 spiro atoms. The molecular weight excluding hydrogens is 198 g/mol. The third-order valence-corrected chi connectivity index (χ3v) is 3.23. The van der Waals surface area contributed by atoms with E-state index in [0.717, 1.165) is 32.2 Å². The van der Waals surface area contributed by atoms with Gasteiger partial charge in [0.15, 0.2) is 0 Å². The molecule has 1 aromatic heterocycles. The lowest BCUT2D eigenvalue weighted by Crippen LogP contribution is -2.32. The topological polar surface area (TPSA) is 48.7 Å². The highest BCUT2D eigenvalue weighted by atomic mass is 14.9. The highest BCUT2D eigenvalue weighted by molar-refractivity contribution is 5.08. The highest BCUT2D eigenvalue weighted by Gasteiger charge is 2.19. The fourth-order valence-electron chi connectivity index (χ4n) is 2.19. The molecule has 1 fully saturated rings. The first kappa shape index (κ1) is 11.1. The van der Waals surface area contributed by atoms with Crippen molar-refractivity contribution in [2.45, 2.75) is 38.3 Å². The van der Waals surface area contributed by atoms with Crippen LogP contribution >= 0.6 is 0 Å². The Balaban J connectivity index is 1.74. The average molecular weight is 215 g/mol. The van der Waals surface area contributed by atoms with Gasteiger partial charge in [-0.1, -0.05) is 6.07 Å². The van der Waals surface area contributed by atoms with Crippen molar-refractivity contribution in [1.82, 2.24) is 10.3 Å². The minimum atomic E-state index is 0.288. The minimum Gasteiger partial charge on any atom is -0.310 e. The second kappa shape index (κ2) is 5.62. The third-order valence-electron chi connectivity index (χ3n) is 3.23. The van der Waals surface area contributed by atoms with Crippen LogP contribution in [0.1, 0.15) is 31.2 Å². The summed E-state index contributed by atoms with van der Waals surface area (Å²) in [6.45, 7) is 0.885. The molecule has 0 bridgehead atoms. The van der Waals surface area contributed by atoms with Crippen molar-refractivity contribution in [2.24, 2.45) is 5.92 Å². The van der Waals surface area contributed by atoms with Crippen LogP contribution in [0.25, 0.3) is 0 Å². The summed E-state index contributed by atoms with van der Waals surface area (Å²) in [6, 6.07) is 6.98. The molecule has 1 saturated carbocycles. The lowest BCUT2D eigenvalue weighted by atomic mass is 9.87. The van der Waals surface area contributed by atoms with Crippen molar-refractivity contribution >= 4 is 0 Å². The van der Waals surface area contributed by atoms with E-state index in [-0.39, 0.29) is 5.92 Å². The van der Waals surface area contributed by atoms with Gasteiger partial charge in [-0.05, 0) is 37.3 Å². The van der Waals surface area contributed by atoms with E-state index in [1.807, 2.05) is 12.3 Å². The van der Waals surface area contributed by atoms with Gasteiger partial charge in [-0.3, -0.25) is 4.98 Å². The summed E-state index contributed by atoms with van der Waals surface area (Å²) in [6.07, 6.45) is 8.02. The van der Waals surface area contributed by atoms with E-state index in [0.29, 0.717) is 6.04 Å². The van der Waals surface area contributed by atoms with Gasteiger partial charge >= 0.3 is 0 Å². The van der Waals surface area contributed by atoms with Gasteiger partial charge in [-0.15, -0.1) is 0 Å². The van der Waals surface area contributed by atoms with Crippen molar-refractivity contribution in [2.75, 3.05) is 0 Å². The number of pyridine rings is 1. The summed E-state index contributed by atoms with van der Waals surface area (Å²) in [5.74, 6) is 0.288. The van der Waals surface area contributed by atoms with Gasteiger partial charge in [0.2, 0.25) is 0 Å². The van der Waals surface area contributed by atoms with Gasteiger partial charge in [0.25, 0.3) is 0 Å². The summed E-state index contributed by atoms with van der Waals surface area (Å²) in [4.78, 5) is 4.09. The SMILES string of the molecule is N#CC1CCC(NCc2cccnc2)CC1. The van der Waals surface area contributed by atoms with Crippen LogP contribution in [-0.4, -0.2) is 11.0 Å². The zero-order chi connectivity index (χ0) is 11.2. The molecule has 0 atom stereocenters. The molecular formula is C13H17N3. The Hall–Kier alpha value is -1.40. The summed E-state index contributed by atoms with van der Waals surface area (Å²) in [5.41, 5.74) is 1.23. The number of nitriles is 1. The molecule has 2 rings (SSSR count). The lowest BCUT2D eigenvalue weighted by molar-refractivity contribution is 0.331. The van der Waals surface area contributed by atoms with E-state index in [1.54, 1.807) is 6.20 Å². The predicted molar refractivity (Wildman–Crippen MR) is 62.4 cm³/mol. The normalized spacial score (nSPS) is 24.9. The summed E-state index contributed by atoms with van der Waals surface area (Å²) in [7, 11) is 0. The van der Waals surface area contributed by atoms with E-state index >= 15 is 0 Å². The predicted octanol–water partition coefficient (Wildman–Crippen LogP) is 2.25. The Labute approximate surface area is 96.5 Å². The Morgan fingerprint density at radius 3 is 2.81 bits per heavy atom. The summed E-state index contributed by atoms with van der Waals surface area (Å²) < 4.78 is 0. The monoisotopic (exact) mass is 215 g/mol. The molecule has 0 aromatic carbocycles. The molecule has 1 heterocycles. The number of aromatic nitrogens is 1. The fraction of sp³-hybridized carbons (Fsp3) is 0.538. The molecule has 3 heteroatoms. The Bertz CT molecular complexity index is 347. The smallest absolute Gasteiger partial charge is 0.0655 e. The van der Waals surface area contributed by atoms with Crippen LogP contribution in [0, 0.1) is 17.2 Å². The number of rotatable bonds is 3. The van der Waals surface area contributed by atoms with Crippen molar-refractivity contribution in [3.05, 3.63) is 30.1 Å². The molecule has 1 aliphatic carbocycles. The molecule has 84 valence electrons. The number of nitrogens with zero attached hydrogens (tertiary/aromatic N) is 2. The van der Waals surface area contributed by atoms with Gasteiger partial charge in [-0.2, -0.15) is 5.26 Å². The number of hydrogen-bond donors (Lipinski definition) is 1. The van der Waals surface area contributed by atoms with Crippen LogP contribution in [0.5, 0.6) is 0 Å². The second-order valence-electron chi connectivity index (χ2n) is 4.42. The molecule has 1 aromatic rings. The van der Waals surface area contributed by atoms with Crippen molar-refractivity contribution in [3.8, 4) is 6.07 Å². The Morgan fingerprint density at radius 2 is 2.19 bits per heavy atom. The van der Waals surface area contributed by atoms with E-state index < -0.39 is 0 Å². The minimum absolute atomic E-state index is 0.288. The zero-order valence-electron chi connectivity index (χ0n) is 9.39. The van der Waals surface area contributed by atoms with Crippen LogP contribution in [-0.2, 0) is 6.54 Å². The zero-order valence-corrected chi connectivity index (χ0v) is 9.39. The van der Waals surface area contributed by atoms with Gasteiger partial charge in [0.1, 0.15) is 0 Å². The molecule has 0 aliphatic heterocycles. The van der Waals surface area contributed by atoms with Crippen molar-refractivity contribution in [3.63, 3.8) is 0 Å². The van der Waals surface area contributed by atoms with Crippen LogP contribution < -0.4 is 5.32 Å². The van der Waals surface area contributed by atoms with Gasteiger partial charge in [0, 0.05) is 30.9 Å². The molecule has 0 saturated heterocycles. The number of hydrogen-bond acceptors (Lipinski definition) is 3. The van der Waals surface area contributed by atoms with E-state index in [2.05, 4.69) is 22.4 Å².